The molecule has 0 aliphatic rings. The Bertz CT molecular complexity index is 345. The van der Waals surface area contributed by atoms with E-state index in [1.54, 1.807) is 6.07 Å². The number of alkyl halides is 3. The molecule has 0 unspecified atom stereocenters. The maximum atomic E-state index is 12.4. The lowest BCUT2D eigenvalue weighted by molar-refractivity contribution is -0.137. The van der Waals surface area contributed by atoms with Crippen molar-refractivity contribution in [2.24, 2.45) is 5.92 Å². The van der Waals surface area contributed by atoms with Gasteiger partial charge in [0.25, 0.3) is 0 Å². The van der Waals surface area contributed by atoms with Crippen molar-refractivity contribution in [3.63, 3.8) is 0 Å². The summed E-state index contributed by atoms with van der Waals surface area (Å²) in [5.41, 5.74) is -0.0741. The van der Waals surface area contributed by atoms with Crippen LogP contribution >= 0.6 is 0 Å². The molecule has 0 aromatic heterocycles. The summed E-state index contributed by atoms with van der Waals surface area (Å²) in [5.74, 6) is 0.623. The van der Waals surface area contributed by atoms with Crippen LogP contribution < -0.4 is 5.32 Å². The van der Waals surface area contributed by atoms with Crippen LogP contribution in [0.1, 0.15) is 32.3 Å². The molecule has 0 atom stereocenters. The van der Waals surface area contributed by atoms with E-state index < -0.39 is 11.7 Å². The number of halogens is 3. The minimum atomic E-state index is -4.27. The van der Waals surface area contributed by atoms with E-state index in [1.807, 2.05) is 0 Å². The Balaban J connectivity index is 2.49. The Morgan fingerprint density at radius 1 is 1.24 bits per heavy atom. The highest BCUT2D eigenvalue weighted by molar-refractivity contribution is 5.46. The van der Waals surface area contributed by atoms with Crippen molar-refractivity contribution in [1.82, 2.24) is 0 Å². The van der Waals surface area contributed by atoms with Crippen LogP contribution in [0.2, 0.25) is 0 Å². The van der Waals surface area contributed by atoms with E-state index in [4.69, 9.17) is 0 Å². The summed E-state index contributed by atoms with van der Waals surface area (Å²) >= 11 is 0. The molecule has 0 radical (unpaired) electrons. The zero-order valence-corrected chi connectivity index (χ0v) is 10.1. The molecule has 0 aliphatic carbocycles. The van der Waals surface area contributed by atoms with E-state index >= 15 is 0 Å². The van der Waals surface area contributed by atoms with Gasteiger partial charge in [0.15, 0.2) is 0 Å². The van der Waals surface area contributed by atoms with Crippen LogP contribution in [0.5, 0.6) is 0 Å². The Morgan fingerprint density at radius 3 is 2.53 bits per heavy atom. The fourth-order valence-electron chi connectivity index (χ4n) is 1.55. The third-order valence-electron chi connectivity index (χ3n) is 2.48. The van der Waals surface area contributed by atoms with Crippen molar-refractivity contribution in [2.45, 2.75) is 32.9 Å². The lowest BCUT2D eigenvalue weighted by Gasteiger charge is -2.11. The first-order valence-electron chi connectivity index (χ1n) is 5.80. The number of benzene rings is 1. The lowest BCUT2D eigenvalue weighted by Crippen LogP contribution is -2.07. The van der Waals surface area contributed by atoms with Gasteiger partial charge < -0.3 is 5.32 Å². The van der Waals surface area contributed by atoms with Crippen molar-refractivity contribution in [3.05, 3.63) is 29.8 Å². The largest absolute Gasteiger partial charge is 0.416 e. The molecule has 0 heterocycles. The molecular weight excluding hydrogens is 227 g/mol. The van der Waals surface area contributed by atoms with Crippen molar-refractivity contribution >= 4 is 5.69 Å². The van der Waals surface area contributed by atoms with Crippen molar-refractivity contribution in [1.29, 1.82) is 0 Å². The second kappa shape index (κ2) is 5.94. The van der Waals surface area contributed by atoms with Gasteiger partial charge in [0.1, 0.15) is 0 Å². The van der Waals surface area contributed by atoms with E-state index in [2.05, 4.69) is 19.2 Å². The Labute approximate surface area is 100 Å². The summed E-state index contributed by atoms with van der Waals surface area (Å²) < 4.78 is 37.3. The van der Waals surface area contributed by atoms with Crippen LogP contribution in [0, 0.1) is 5.92 Å². The first-order valence-corrected chi connectivity index (χ1v) is 5.80. The third kappa shape index (κ3) is 5.11. The molecule has 1 N–H and O–H groups in total. The van der Waals surface area contributed by atoms with E-state index in [0.29, 0.717) is 18.2 Å². The quantitative estimate of drug-likeness (QED) is 0.750. The minimum Gasteiger partial charge on any atom is -0.385 e. The van der Waals surface area contributed by atoms with Crippen LogP contribution in [0.25, 0.3) is 0 Å². The van der Waals surface area contributed by atoms with Gasteiger partial charge in [-0.1, -0.05) is 19.9 Å². The molecule has 0 aliphatic heterocycles. The SMILES string of the molecule is CC(C)CCCNc1cccc(C(F)(F)F)c1. The Kier molecular flexibility index (Phi) is 4.85. The number of anilines is 1. The first-order chi connectivity index (χ1) is 7.89. The van der Waals surface area contributed by atoms with Gasteiger partial charge in [-0.2, -0.15) is 13.2 Å². The average molecular weight is 245 g/mol. The molecule has 0 bridgehead atoms. The highest BCUT2D eigenvalue weighted by atomic mass is 19.4. The zero-order valence-electron chi connectivity index (χ0n) is 10.1. The highest BCUT2D eigenvalue weighted by Gasteiger charge is 2.30. The average Bonchev–Trinajstić information content (AvgIpc) is 2.23. The predicted molar refractivity (Wildman–Crippen MR) is 64.0 cm³/mol. The molecule has 4 heteroatoms. The van der Waals surface area contributed by atoms with E-state index in [-0.39, 0.29) is 0 Å². The van der Waals surface area contributed by atoms with E-state index in [1.165, 1.54) is 6.07 Å². The summed E-state index contributed by atoms with van der Waals surface area (Å²) in [7, 11) is 0. The van der Waals surface area contributed by atoms with Crippen LogP contribution in [0.3, 0.4) is 0 Å². The molecule has 0 saturated carbocycles. The van der Waals surface area contributed by atoms with Crippen LogP contribution in [0.4, 0.5) is 18.9 Å². The third-order valence-corrected chi connectivity index (χ3v) is 2.48. The molecule has 96 valence electrons. The molecule has 0 amide bonds. The first kappa shape index (κ1) is 13.9. The van der Waals surface area contributed by atoms with E-state index in [0.717, 1.165) is 25.0 Å². The standard InChI is InChI=1S/C13H18F3N/c1-10(2)5-4-8-17-12-7-3-6-11(9-12)13(14,15)16/h3,6-7,9-10,17H,4-5,8H2,1-2H3. The molecule has 0 saturated heterocycles. The summed E-state index contributed by atoms with van der Waals surface area (Å²) in [5, 5.41) is 3.01. The molecule has 1 aromatic rings. The highest BCUT2D eigenvalue weighted by Crippen LogP contribution is 2.30. The summed E-state index contributed by atoms with van der Waals surface area (Å²) in [6, 6.07) is 5.31. The Morgan fingerprint density at radius 2 is 1.94 bits per heavy atom. The Hall–Kier alpha value is -1.19. The molecule has 1 nitrogen and oxygen atoms in total. The molecule has 1 aromatic carbocycles. The van der Waals surface area contributed by atoms with Gasteiger partial charge in [0, 0.05) is 12.2 Å². The van der Waals surface area contributed by atoms with Gasteiger partial charge in [0.05, 0.1) is 5.56 Å². The van der Waals surface area contributed by atoms with Gasteiger partial charge in [-0.15, -0.1) is 0 Å². The zero-order chi connectivity index (χ0) is 12.9. The normalized spacial score (nSPS) is 11.9. The summed E-state index contributed by atoms with van der Waals surface area (Å²) in [6.07, 6.45) is -2.23. The molecule has 0 spiro atoms. The smallest absolute Gasteiger partial charge is 0.385 e. The fourth-order valence-corrected chi connectivity index (χ4v) is 1.55. The van der Waals surface area contributed by atoms with E-state index in [9.17, 15) is 13.2 Å². The number of rotatable bonds is 5. The van der Waals surface area contributed by atoms with Gasteiger partial charge in [-0.25, -0.2) is 0 Å². The van der Waals surface area contributed by atoms with Crippen molar-refractivity contribution in [2.75, 3.05) is 11.9 Å². The topological polar surface area (TPSA) is 12.0 Å². The summed E-state index contributed by atoms with van der Waals surface area (Å²) in [6.45, 7) is 4.97. The second-order valence-corrected chi connectivity index (χ2v) is 4.54. The van der Waals surface area contributed by atoms with Gasteiger partial charge in [-0.3, -0.25) is 0 Å². The molecule has 17 heavy (non-hydrogen) atoms. The van der Waals surface area contributed by atoms with Crippen molar-refractivity contribution < 1.29 is 13.2 Å². The van der Waals surface area contributed by atoms with Crippen LogP contribution in [-0.2, 0) is 6.18 Å². The summed E-state index contributed by atoms with van der Waals surface area (Å²) in [4.78, 5) is 0. The maximum Gasteiger partial charge on any atom is 0.416 e. The maximum absolute atomic E-state index is 12.4. The molecule has 1 rings (SSSR count). The van der Waals surface area contributed by atoms with Crippen molar-refractivity contribution in [3.8, 4) is 0 Å². The van der Waals surface area contributed by atoms with Crippen LogP contribution in [-0.4, -0.2) is 6.54 Å². The van der Waals surface area contributed by atoms with Gasteiger partial charge in [0.2, 0.25) is 0 Å². The minimum absolute atomic E-state index is 0.531. The van der Waals surface area contributed by atoms with Gasteiger partial charge in [-0.05, 0) is 37.0 Å². The number of hydrogen-bond acceptors (Lipinski definition) is 1. The molecule has 0 fully saturated rings. The van der Waals surface area contributed by atoms with Gasteiger partial charge >= 0.3 is 6.18 Å². The monoisotopic (exact) mass is 245 g/mol. The lowest BCUT2D eigenvalue weighted by atomic mass is 10.1. The molecular formula is C13H18F3N. The number of nitrogens with one attached hydrogen (secondary N) is 1. The van der Waals surface area contributed by atoms with Crippen LogP contribution in [0.15, 0.2) is 24.3 Å². The second-order valence-electron chi connectivity index (χ2n) is 4.54. The fraction of sp³-hybridized carbons (Fsp3) is 0.538. The number of hydrogen-bond donors (Lipinski definition) is 1. The predicted octanol–water partition coefficient (Wildman–Crippen LogP) is 4.55.